The fourth-order valence-corrected chi connectivity index (χ4v) is 3.26. The van der Waals surface area contributed by atoms with E-state index in [0.717, 1.165) is 14.9 Å². The van der Waals surface area contributed by atoms with Crippen LogP contribution >= 0.6 is 28.1 Å². The van der Waals surface area contributed by atoms with Crippen LogP contribution in [0, 0.1) is 4.64 Å². The van der Waals surface area contributed by atoms with Crippen LogP contribution in [0.3, 0.4) is 0 Å². The van der Waals surface area contributed by atoms with Gasteiger partial charge in [-0.3, -0.25) is 0 Å². The first-order chi connectivity index (χ1) is 7.75. The molecular formula is C12H15BrN2S. The molecule has 0 spiro atoms. The van der Waals surface area contributed by atoms with Crippen LogP contribution in [-0.2, 0) is 0 Å². The summed E-state index contributed by atoms with van der Waals surface area (Å²) < 4.78 is 1.76. The molecule has 2 fully saturated rings. The van der Waals surface area contributed by atoms with E-state index in [-0.39, 0.29) is 0 Å². The highest BCUT2D eigenvalue weighted by molar-refractivity contribution is 9.10. The van der Waals surface area contributed by atoms with Gasteiger partial charge in [-0.05, 0) is 41.6 Å². The number of nitrogens with zero attached hydrogens (tertiary/aromatic N) is 1. The van der Waals surface area contributed by atoms with Crippen molar-refractivity contribution in [3.63, 3.8) is 0 Å². The molecule has 86 valence electrons. The van der Waals surface area contributed by atoms with Gasteiger partial charge >= 0.3 is 0 Å². The smallest absolute Gasteiger partial charge is 0.144 e. The molecule has 16 heavy (non-hydrogen) atoms. The third-order valence-electron chi connectivity index (χ3n) is 3.64. The van der Waals surface area contributed by atoms with Crippen molar-refractivity contribution < 1.29 is 0 Å². The lowest BCUT2D eigenvalue weighted by atomic mass is 10.1. The summed E-state index contributed by atoms with van der Waals surface area (Å²) in [6.07, 6.45) is 7.79. The predicted molar refractivity (Wildman–Crippen MR) is 70.3 cm³/mol. The molecule has 0 aliphatic heterocycles. The lowest BCUT2D eigenvalue weighted by molar-refractivity contribution is 0.657. The average Bonchev–Trinajstić information content (AvgIpc) is 2.96. The van der Waals surface area contributed by atoms with E-state index >= 15 is 0 Å². The second-order valence-corrected chi connectivity index (χ2v) is 6.09. The van der Waals surface area contributed by atoms with E-state index in [1.54, 1.807) is 0 Å². The van der Waals surface area contributed by atoms with Crippen LogP contribution in [0.15, 0.2) is 4.47 Å². The molecule has 0 saturated heterocycles. The summed E-state index contributed by atoms with van der Waals surface area (Å²) in [6.45, 7) is 0. The largest absolute Gasteiger partial charge is 0.346 e. The molecule has 3 rings (SSSR count). The van der Waals surface area contributed by atoms with Crippen LogP contribution in [-0.4, -0.2) is 9.97 Å². The second kappa shape index (κ2) is 4.22. The van der Waals surface area contributed by atoms with Crippen LogP contribution in [0.5, 0.6) is 0 Å². The minimum atomic E-state index is 0.618. The molecule has 1 aromatic rings. The highest BCUT2D eigenvalue weighted by atomic mass is 79.9. The molecule has 0 atom stereocenters. The Morgan fingerprint density at radius 3 is 2.44 bits per heavy atom. The first kappa shape index (κ1) is 10.9. The van der Waals surface area contributed by atoms with Crippen LogP contribution in [0.25, 0.3) is 0 Å². The Kier molecular flexibility index (Phi) is 2.88. The van der Waals surface area contributed by atoms with Gasteiger partial charge in [-0.2, -0.15) is 0 Å². The van der Waals surface area contributed by atoms with Gasteiger partial charge in [0.25, 0.3) is 0 Å². The Bertz CT molecular complexity index is 459. The lowest BCUT2D eigenvalue weighted by Crippen LogP contribution is -2.04. The summed E-state index contributed by atoms with van der Waals surface area (Å²) in [6, 6.07) is 0. The quantitative estimate of drug-likeness (QED) is 0.818. The third kappa shape index (κ3) is 1.97. The summed E-state index contributed by atoms with van der Waals surface area (Å²) >= 11 is 8.90. The molecule has 0 amide bonds. The van der Waals surface area contributed by atoms with E-state index < -0.39 is 0 Å². The molecular weight excluding hydrogens is 284 g/mol. The molecule has 1 N–H and O–H groups in total. The molecule has 2 saturated carbocycles. The minimum Gasteiger partial charge on any atom is -0.346 e. The Morgan fingerprint density at radius 2 is 1.81 bits per heavy atom. The highest BCUT2D eigenvalue weighted by Crippen LogP contribution is 2.43. The zero-order valence-electron chi connectivity index (χ0n) is 9.13. The summed E-state index contributed by atoms with van der Waals surface area (Å²) in [5.74, 6) is 2.44. The molecule has 0 unspecified atom stereocenters. The number of hydrogen-bond donors (Lipinski definition) is 1. The van der Waals surface area contributed by atoms with E-state index in [4.69, 9.17) is 12.2 Å². The Labute approximate surface area is 109 Å². The fourth-order valence-electron chi connectivity index (χ4n) is 2.54. The van der Waals surface area contributed by atoms with Gasteiger partial charge in [0, 0.05) is 17.5 Å². The summed E-state index contributed by atoms with van der Waals surface area (Å²) in [5.41, 5.74) is 1.29. The number of rotatable bonds is 2. The van der Waals surface area contributed by atoms with Gasteiger partial charge in [0.05, 0.1) is 4.47 Å². The average molecular weight is 299 g/mol. The van der Waals surface area contributed by atoms with Gasteiger partial charge in [0.1, 0.15) is 10.5 Å². The molecule has 1 aromatic heterocycles. The highest BCUT2D eigenvalue weighted by Gasteiger charge is 2.29. The molecule has 2 aliphatic carbocycles. The number of nitrogens with one attached hydrogen (secondary N) is 1. The zero-order chi connectivity index (χ0) is 11.1. The van der Waals surface area contributed by atoms with Crippen molar-refractivity contribution in [1.82, 2.24) is 9.97 Å². The van der Waals surface area contributed by atoms with Crippen molar-refractivity contribution in [2.45, 2.75) is 50.4 Å². The van der Waals surface area contributed by atoms with Crippen LogP contribution < -0.4 is 0 Å². The number of aromatic nitrogens is 2. The maximum atomic E-state index is 5.33. The Hall–Kier alpha value is -0.220. The van der Waals surface area contributed by atoms with Crippen molar-refractivity contribution in [1.29, 1.82) is 0 Å². The normalized spacial score (nSPS) is 21.6. The monoisotopic (exact) mass is 298 g/mol. The lowest BCUT2D eigenvalue weighted by Gasteiger charge is -2.12. The summed E-state index contributed by atoms with van der Waals surface area (Å²) in [5, 5.41) is 0. The van der Waals surface area contributed by atoms with E-state index in [2.05, 4.69) is 25.9 Å². The third-order valence-corrected chi connectivity index (χ3v) is 5.00. The van der Waals surface area contributed by atoms with Crippen LogP contribution in [0.1, 0.15) is 61.9 Å². The van der Waals surface area contributed by atoms with Gasteiger partial charge in [0.15, 0.2) is 0 Å². The van der Waals surface area contributed by atoms with E-state index in [1.807, 2.05) is 0 Å². The van der Waals surface area contributed by atoms with Crippen molar-refractivity contribution in [2.24, 2.45) is 0 Å². The van der Waals surface area contributed by atoms with Gasteiger partial charge in [0.2, 0.25) is 0 Å². The molecule has 2 nitrogen and oxygen atoms in total. The maximum Gasteiger partial charge on any atom is 0.144 e. The molecule has 1 heterocycles. The van der Waals surface area contributed by atoms with Crippen molar-refractivity contribution in [3.8, 4) is 0 Å². The number of halogens is 1. The van der Waals surface area contributed by atoms with Gasteiger partial charge in [-0.25, -0.2) is 4.98 Å². The van der Waals surface area contributed by atoms with Crippen LogP contribution in [0.4, 0.5) is 0 Å². The summed E-state index contributed by atoms with van der Waals surface area (Å²) in [4.78, 5) is 8.07. The topological polar surface area (TPSA) is 28.7 Å². The minimum absolute atomic E-state index is 0.618. The number of hydrogen-bond acceptors (Lipinski definition) is 2. The number of H-pyrrole nitrogens is 1. The maximum absolute atomic E-state index is 5.33. The molecule has 4 heteroatoms. The first-order valence-electron chi connectivity index (χ1n) is 6.05. The molecule has 0 bridgehead atoms. The van der Waals surface area contributed by atoms with E-state index in [9.17, 15) is 0 Å². The SMILES string of the molecule is S=c1nc(C2CCCC2)[nH]c(C2CC2)c1Br. The van der Waals surface area contributed by atoms with Crippen molar-refractivity contribution in [2.75, 3.05) is 0 Å². The Balaban J connectivity index is 2.02. The second-order valence-electron chi connectivity index (χ2n) is 4.91. The van der Waals surface area contributed by atoms with Gasteiger partial charge < -0.3 is 4.98 Å². The predicted octanol–water partition coefficient (Wildman–Crippen LogP) is 4.44. The standard InChI is InChI=1S/C12H15BrN2S/c13-9-10(7-5-6-7)14-11(15-12(9)16)8-3-1-2-4-8/h7-8H,1-6H2,(H,14,15,16). The Morgan fingerprint density at radius 1 is 1.12 bits per heavy atom. The number of aromatic amines is 1. The van der Waals surface area contributed by atoms with E-state index in [1.165, 1.54) is 44.2 Å². The van der Waals surface area contributed by atoms with E-state index in [0.29, 0.717) is 11.8 Å². The van der Waals surface area contributed by atoms with Gasteiger partial charge in [-0.15, -0.1) is 0 Å². The molecule has 0 radical (unpaired) electrons. The zero-order valence-corrected chi connectivity index (χ0v) is 11.5. The van der Waals surface area contributed by atoms with Gasteiger partial charge in [-0.1, -0.05) is 25.1 Å². The first-order valence-corrected chi connectivity index (χ1v) is 7.25. The van der Waals surface area contributed by atoms with Crippen molar-refractivity contribution >= 4 is 28.1 Å². The molecule has 0 aromatic carbocycles. The van der Waals surface area contributed by atoms with Crippen molar-refractivity contribution in [3.05, 3.63) is 20.6 Å². The molecule has 2 aliphatic rings. The fraction of sp³-hybridized carbons (Fsp3) is 0.667. The van der Waals surface area contributed by atoms with Crippen LogP contribution in [0.2, 0.25) is 0 Å². The summed E-state index contributed by atoms with van der Waals surface area (Å²) in [7, 11) is 0.